The molecule has 180 valence electrons. The Kier molecular flexibility index (Phi) is 19.4. The van der Waals surface area contributed by atoms with Crippen molar-refractivity contribution < 1.29 is 13.9 Å². The summed E-state index contributed by atoms with van der Waals surface area (Å²) >= 11 is 0. The zero-order valence-electron chi connectivity index (χ0n) is 20.5. The Morgan fingerprint density at radius 2 is 1.06 bits per heavy atom. The van der Waals surface area contributed by atoms with E-state index in [0.717, 1.165) is 12.8 Å². The smallest absolute Gasteiger partial charge is 0.394 e. The lowest BCUT2D eigenvalue weighted by molar-refractivity contribution is 0.253. The van der Waals surface area contributed by atoms with Crippen LogP contribution in [0.15, 0.2) is 24.3 Å². The summed E-state index contributed by atoms with van der Waals surface area (Å²) in [5.41, 5.74) is 1.34. The molecule has 31 heavy (non-hydrogen) atoms. The molecular formula is C27H49O3P. The highest BCUT2D eigenvalue weighted by atomic mass is 31.2. The zero-order chi connectivity index (χ0) is 22.4. The van der Waals surface area contributed by atoms with E-state index in [-0.39, 0.29) is 0 Å². The number of benzene rings is 1. The van der Waals surface area contributed by atoms with Gasteiger partial charge in [0.2, 0.25) is 0 Å². The molecule has 1 aromatic rings. The van der Waals surface area contributed by atoms with Gasteiger partial charge in [0.25, 0.3) is 0 Å². The van der Waals surface area contributed by atoms with Crippen molar-refractivity contribution in [1.29, 1.82) is 0 Å². The Morgan fingerprint density at radius 1 is 0.613 bits per heavy atom. The Bertz CT molecular complexity index is 492. The van der Waals surface area contributed by atoms with E-state index >= 15 is 0 Å². The molecule has 0 aliphatic heterocycles. The fraction of sp³-hybridized carbons (Fsp3) is 0.778. The van der Waals surface area contributed by atoms with E-state index in [0.29, 0.717) is 12.4 Å². The fourth-order valence-electron chi connectivity index (χ4n) is 3.85. The normalized spacial score (nSPS) is 12.2. The zero-order valence-corrected chi connectivity index (χ0v) is 21.3. The van der Waals surface area contributed by atoms with E-state index in [4.69, 9.17) is 9.05 Å². The van der Waals surface area contributed by atoms with Crippen molar-refractivity contribution in [3.8, 4) is 5.75 Å². The van der Waals surface area contributed by atoms with Gasteiger partial charge in [0.15, 0.2) is 0 Å². The highest BCUT2D eigenvalue weighted by Crippen LogP contribution is 2.35. The Morgan fingerprint density at radius 3 is 1.58 bits per heavy atom. The first-order valence-corrected chi connectivity index (χ1v) is 14.3. The van der Waals surface area contributed by atoms with Crippen molar-refractivity contribution in [3.05, 3.63) is 29.8 Å². The molecular weight excluding hydrogens is 403 g/mol. The Labute approximate surface area is 194 Å². The summed E-state index contributed by atoms with van der Waals surface area (Å²) in [6.45, 7) is 5.10. The summed E-state index contributed by atoms with van der Waals surface area (Å²) in [5.74, 6) is 0.694. The van der Waals surface area contributed by atoms with Gasteiger partial charge in [-0.1, -0.05) is 122 Å². The molecule has 1 N–H and O–H groups in total. The minimum absolute atomic E-state index is 0.578. The van der Waals surface area contributed by atoms with Gasteiger partial charge >= 0.3 is 8.60 Å². The number of hydrogen-bond donors (Lipinski definition) is 1. The average Bonchev–Trinajstić information content (AvgIpc) is 2.78. The van der Waals surface area contributed by atoms with Crippen molar-refractivity contribution in [2.24, 2.45) is 0 Å². The predicted molar refractivity (Wildman–Crippen MR) is 136 cm³/mol. The summed E-state index contributed by atoms with van der Waals surface area (Å²) in [5, 5.41) is 0. The summed E-state index contributed by atoms with van der Waals surface area (Å²) in [6, 6.07) is 8.12. The first-order valence-electron chi connectivity index (χ1n) is 13.1. The van der Waals surface area contributed by atoms with Crippen LogP contribution in [0.1, 0.15) is 129 Å². The van der Waals surface area contributed by atoms with Crippen molar-refractivity contribution >= 4 is 8.60 Å². The summed E-state index contributed by atoms with van der Waals surface area (Å²) in [4.78, 5) is 10.00. The lowest BCUT2D eigenvalue weighted by atomic mass is 10.0. The van der Waals surface area contributed by atoms with Gasteiger partial charge in [-0.25, -0.2) is 0 Å². The van der Waals surface area contributed by atoms with Gasteiger partial charge in [-0.2, -0.15) is 0 Å². The molecule has 4 heteroatoms. The van der Waals surface area contributed by atoms with Crippen molar-refractivity contribution in [3.63, 3.8) is 0 Å². The maximum absolute atomic E-state index is 10.00. The highest BCUT2D eigenvalue weighted by Gasteiger charge is 2.09. The molecule has 0 aliphatic carbocycles. The minimum Gasteiger partial charge on any atom is -0.427 e. The average molecular weight is 453 g/mol. The Balaban J connectivity index is 1.98. The number of aryl methyl sites for hydroxylation is 1. The molecule has 1 rings (SSSR count). The van der Waals surface area contributed by atoms with E-state index in [9.17, 15) is 4.89 Å². The highest BCUT2D eigenvalue weighted by molar-refractivity contribution is 7.41. The molecule has 1 atom stereocenters. The third kappa shape index (κ3) is 17.6. The molecule has 1 unspecified atom stereocenters. The van der Waals surface area contributed by atoms with Crippen LogP contribution in [-0.2, 0) is 10.9 Å². The van der Waals surface area contributed by atoms with Gasteiger partial charge < -0.3 is 13.9 Å². The van der Waals surface area contributed by atoms with E-state index in [1.165, 1.54) is 108 Å². The molecule has 0 aromatic heterocycles. The van der Waals surface area contributed by atoms with Gasteiger partial charge in [0.05, 0.1) is 6.61 Å². The third-order valence-corrected chi connectivity index (χ3v) is 6.65. The van der Waals surface area contributed by atoms with Gasteiger partial charge in [-0.15, -0.1) is 0 Å². The molecule has 0 fully saturated rings. The number of hydrogen-bond acceptors (Lipinski definition) is 3. The van der Waals surface area contributed by atoms with Crippen LogP contribution < -0.4 is 4.52 Å². The topological polar surface area (TPSA) is 38.7 Å². The molecule has 3 nitrogen and oxygen atoms in total. The van der Waals surface area contributed by atoms with E-state index in [2.05, 4.69) is 26.0 Å². The molecule has 0 heterocycles. The maximum Gasteiger partial charge on any atom is 0.394 e. The second-order valence-electron chi connectivity index (χ2n) is 8.86. The molecule has 0 aliphatic rings. The second kappa shape index (κ2) is 21.2. The van der Waals surface area contributed by atoms with Crippen LogP contribution in [0.3, 0.4) is 0 Å². The van der Waals surface area contributed by atoms with Crippen LogP contribution >= 0.6 is 8.60 Å². The summed E-state index contributed by atoms with van der Waals surface area (Å²) < 4.78 is 11.0. The molecule has 0 radical (unpaired) electrons. The summed E-state index contributed by atoms with van der Waals surface area (Å²) in [7, 11) is -1.82. The fourth-order valence-corrected chi connectivity index (χ4v) is 4.49. The predicted octanol–water partition coefficient (Wildman–Crippen LogP) is 9.52. The lowest BCUT2D eigenvalue weighted by Gasteiger charge is -2.12. The van der Waals surface area contributed by atoms with Crippen LogP contribution in [0.4, 0.5) is 0 Å². The molecule has 0 bridgehead atoms. The minimum atomic E-state index is -1.82. The lowest BCUT2D eigenvalue weighted by Crippen LogP contribution is -1.95. The van der Waals surface area contributed by atoms with Crippen LogP contribution in [0.5, 0.6) is 5.75 Å². The molecule has 0 amide bonds. The summed E-state index contributed by atoms with van der Waals surface area (Å²) in [6.07, 6.45) is 23.5. The standard InChI is InChI=1S/C27H49O3P/c1-3-5-7-9-11-12-13-15-17-19-25-29-31(28)30-27-23-21-26(22-24-27)20-18-16-14-10-8-6-4-2/h21-24,28H,3-20,25H2,1-2H3. The van der Waals surface area contributed by atoms with Crippen LogP contribution in [0.2, 0.25) is 0 Å². The SMILES string of the molecule is CCCCCCCCCCCCOP(O)Oc1ccc(CCCCCCCCC)cc1. The van der Waals surface area contributed by atoms with Crippen molar-refractivity contribution in [2.45, 2.75) is 129 Å². The van der Waals surface area contributed by atoms with Gasteiger partial charge in [-0.05, 0) is 37.0 Å². The van der Waals surface area contributed by atoms with Crippen LogP contribution in [0.25, 0.3) is 0 Å². The molecule has 0 saturated carbocycles. The first-order chi connectivity index (χ1) is 15.3. The monoisotopic (exact) mass is 452 g/mol. The quantitative estimate of drug-likeness (QED) is 0.141. The first kappa shape index (κ1) is 28.4. The van der Waals surface area contributed by atoms with Crippen LogP contribution in [0, 0.1) is 0 Å². The van der Waals surface area contributed by atoms with E-state index in [1.54, 1.807) is 0 Å². The molecule has 0 saturated heterocycles. The van der Waals surface area contributed by atoms with Crippen molar-refractivity contribution in [1.82, 2.24) is 0 Å². The van der Waals surface area contributed by atoms with Gasteiger partial charge in [-0.3, -0.25) is 0 Å². The van der Waals surface area contributed by atoms with Gasteiger partial charge in [0.1, 0.15) is 5.75 Å². The third-order valence-electron chi connectivity index (χ3n) is 5.88. The number of rotatable bonds is 22. The van der Waals surface area contributed by atoms with Crippen LogP contribution in [-0.4, -0.2) is 11.5 Å². The molecule has 0 spiro atoms. The Hall–Kier alpha value is -0.630. The maximum atomic E-state index is 10.00. The largest absolute Gasteiger partial charge is 0.427 e. The van der Waals surface area contributed by atoms with E-state index < -0.39 is 8.60 Å². The molecule has 1 aromatic carbocycles. The van der Waals surface area contributed by atoms with Crippen molar-refractivity contribution in [2.75, 3.05) is 6.61 Å². The van der Waals surface area contributed by atoms with Gasteiger partial charge in [0, 0.05) is 0 Å². The second-order valence-corrected chi connectivity index (χ2v) is 9.78. The van der Waals surface area contributed by atoms with E-state index in [1.807, 2.05) is 12.1 Å². The number of unbranched alkanes of at least 4 members (excludes halogenated alkanes) is 15.